The Labute approximate surface area is 165 Å². The van der Waals surface area contributed by atoms with Crippen LogP contribution in [0.3, 0.4) is 0 Å². The van der Waals surface area contributed by atoms with E-state index in [1.807, 2.05) is 31.2 Å². The summed E-state index contributed by atoms with van der Waals surface area (Å²) >= 11 is 4.19. The summed E-state index contributed by atoms with van der Waals surface area (Å²) in [6, 6.07) is 15.0. The van der Waals surface area contributed by atoms with Gasteiger partial charge >= 0.3 is 5.97 Å². The van der Waals surface area contributed by atoms with Crippen molar-refractivity contribution >= 4 is 18.6 Å². The van der Waals surface area contributed by atoms with E-state index in [4.69, 9.17) is 19.7 Å². The average molecular weight is 391 g/mol. The SMILES string of the molecule is CC(S)CC(=O)Oc1ccc(C(C)(C)c2ccc(OCC(O)O)cc2)cc1. The van der Waals surface area contributed by atoms with Crippen LogP contribution in [0.1, 0.15) is 38.3 Å². The number of carbonyl (C=O) groups excluding carboxylic acids is 1. The molecule has 0 fully saturated rings. The lowest BCUT2D eigenvalue weighted by Crippen LogP contribution is -2.19. The van der Waals surface area contributed by atoms with Gasteiger partial charge in [-0.25, -0.2) is 0 Å². The van der Waals surface area contributed by atoms with Gasteiger partial charge in [0, 0.05) is 10.7 Å². The third kappa shape index (κ3) is 6.27. The van der Waals surface area contributed by atoms with Gasteiger partial charge in [0.15, 0.2) is 6.29 Å². The Bertz CT molecular complexity index is 736. The van der Waals surface area contributed by atoms with Crippen molar-refractivity contribution in [3.63, 3.8) is 0 Å². The number of rotatable bonds is 8. The summed E-state index contributed by atoms with van der Waals surface area (Å²) in [7, 11) is 0. The zero-order valence-corrected chi connectivity index (χ0v) is 16.6. The van der Waals surface area contributed by atoms with Crippen LogP contribution in [0, 0.1) is 0 Å². The van der Waals surface area contributed by atoms with Crippen molar-refractivity contribution in [2.75, 3.05) is 6.61 Å². The van der Waals surface area contributed by atoms with Gasteiger partial charge in [-0.2, -0.15) is 12.6 Å². The third-order valence-corrected chi connectivity index (χ3v) is 4.43. The number of hydrogen-bond donors (Lipinski definition) is 3. The molecule has 0 radical (unpaired) electrons. The maximum absolute atomic E-state index is 11.7. The molecule has 2 aromatic carbocycles. The monoisotopic (exact) mass is 390 g/mol. The smallest absolute Gasteiger partial charge is 0.312 e. The second kappa shape index (κ2) is 9.26. The molecule has 0 saturated heterocycles. The van der Waals surface area contributed by atoms with Crippen LogP contribution in [0.5, 0.6) is 11.5 Å². The third-order valence-electron chi connectivity index (χ3n) is 4.24. The minimum absolute atomic E-state index is 0.0386. The van der Waals surface area contributed by atoms with E-state index in [9.17, 15) is 4.79 Å². The normalized spacial score (nSPS) is 12.7. The van der Waals surface area contributed by atoms with Gasteiger partial charge in [-0.1, -0.05) is 45.0 Å². The molecule has 1 unspecified atom stereocenters. The lowest BCUT2D eigenvalue weighted by molar-refractivity contribution is -0.134. The summed E-state index contributed by atoms with van der Waals surface area (Å²) in [5, 5.41) is 17.7. The van der Waals surface area contributed by atoms with Gasteiger partial charge in [-0.3, -0.25) is 4.79 Å². The fourth-order valence-corrected chi connectivity index (χ4v) is 2.81. The predicted molar refractivity (Wildman–Crippen MR) is 107 cm³/mol. The summed E-state index contributed by atoms with van der Waals surface area (Å²) in [6.45, 7) is 5.88. The first-order chi connectivity index (χ1) is 12.7. The second-order valence-corrected chi connectivity index (χ2v) is 7.87. The van der Waals surface area contributed by atoms with Gasteiger partial charge in [0.1, 0.15) is 18.1 Å². The maximum Gasteiger partial charge on any atom is 0.312 e. The summed E-state index contributed by atoms with van der Waals surface area (Å²) in [6.07, 6.45) is -1.23. The number of hydrogen-bond acceptors (Lipinski definition) is 6. The van der Waals surface area contributed by atoms with Gasteiger partial charge in [0.05, 0.1) is 6.42 Å². The molecular weight excluding hydrogens is 364 g/mol. The quantitative estimate of drug-likeness (QED) is 0.279. The number of aliphatic hydroxyl groups excluding tert-OH is 1. The standard InChI is InChI=1S/C21H26O5S/c1-14(27)12-20(24)26-18-10-6-16(7-11-18)21(2,3)15-4-8-17(9-5-15)25-13-19(22)23/h4-11,14,19,22-23,27H,12-13H2,1-3H3. The van der Waals surface area contributed by atoms with Crippen LogP contribution in [0.15, 0.2) is 48.5 Å². The molecule has 1 atom stereocenters. The molecule has 0 aliphatic heterocycles. The Balaban J connectivity index is 2.08. The molecule has 6 heteroatoms. The van der Waals surface area contributed by atoms with Gasteiger partial charge in [0.25, 0.3) is 0 Å². The van der Waals surface area contributed by atoms with E-state index in [2.05, 4.69) is 26.5 Å². The molecule has 0 saturated carbocycles. The van der Waals surface area contributed by atoms with Gasteiger partial charge in [0.2, 0.25) is 0 Å². The fourth-order valence-electron chi connectivity index (χ4n) is 2.66. The molecule has 2 N–H and O–H groups in total. The van der Waals surface area contributed by atoms with E-state index in [0.29, 0.717) is 11.5 Å². The Hall–Kier alpha value is -2.02. The Morgan fingerprint density at radius 1 is 1.00 bits per heavy atom. The summed E-state index contributed by atoms with van der Waals surface area (Å²) in [4.78, 5) is 11.7. The van der Waals surface area contributed by atoms with Crippen LogP contribution < -0.4 is 9.47 Å². The van der Waals surface area contributed by atoms with Crippen molar-refractivity contribution in [3.05, 3.63) is 59.7 Å². The van der Waals surface area contributed by atoms with Gasteiger partial charge < -0.3 is 19.7 Å². The van der Waals surface area contributed by atoms with Crippen LogP contribution in [0.25, 0.3) is 0 Å². The summed E-state index contributed by atoms with van der Waals surface area (Å²) < 4.78 is 10.6. The molecule has 0 aliphatic rings. The Morgan fingerprint density at radius 2 is 1.48 bits per heavy atom. The van der Waals surface area contributed by atoms with E-state index in [-0.39, 0.29) is 29.7 Å². The van der Waals surface area contributed by atoms with E-state index in [0.717, 1.165) is 11.1 Å². The van der Waals surface area contributed by atoms with Crippen LogP contribution in [-0.4, -0.2) is 34.3 Å². The molecule has 146 valence electrons. The lowest BCUT2D eigenvalue weighted by Gasteiger charge is -2.26. The number of ether oxygens (including phenoxy) is 2. The molecule has 27 heavy (non-hydrogen) atoms. The maximum atomic E-state index is 11.7. The first kappa shape index (κ1) is 21.3. The predicted octanol–water partition coefficient (Wildman–Crippen LogP) is 3.32. The van der Waals surface area contributed by atoms with E-state index in [1.165, 1.54) is 0 Å². The molecule has 0 spiro atoms. The van der Waals surface area contributed by atoms with E-state index < -0.39 is 6.29 Å². The van der Waals surface area contributed by atoms with Crippen LogP contribution in [0.2, 0.25) is 0 Å². The zero-order chi connectivity index (χ0) is 20.0. The lowest BCUT2D eigenvalue weighted by atomic mass is 9.78. The molecule has 0 aliphatic carbocycles. The molecule has 0 amide bonds. The summed E-state index contributed by atoms with van der Waals surface area (Å²) in [5.74, 6) is 0.788. The molecule has 0 aromatic heterocycles. The highest BCUT2D eigenvalue weighted by molar-refractivity contribution is 7.80. The molecular formula is C21H26O5S. The fraction of sp³-hybridized carbons (Fsp3) is 0.381. The first-order valence-corrected chi connectivity index (χ1v) is 9.29. The molecule has 2 aromatic rings. The van der Waals surface area contributed by atoms with Gasteiger partial charge in [-0.15, -0.1) is 0 Å². The average Bonchev–Trinajstić information content (AvgIpc) is 2.60. The Kier molecular flexibility index (Phi) is 7.30. The number of carbonyl (C=O) groups is 1. The van der Waals surface area contributed by atoms with E-state index >= 15 is 0 Å². The van der Waals surface area contributed by atoms with Crippen molar-refractivity contribution in [2.45, 2.75) is 44.1 Å². The van der Waals surface area contributed by atoms with Crippen molar-refractivity contribution in [1.82, 2.24) is 0 Å². The largest absolute Gasteiger partial charge is 0.488 e. The van der Waals surface area contributed by atoms with Crippen molar-refractivity contribution in [1.29, 1.82) is 0 Å². The highest BCUT2D eigenvalue weighted by Crippen LogP contribution is 2.33. The second-order valence-electron chi connectivity index (χ2n) is 6.99. The van der Waals surface area contributed by atoms with Crippen molar-refractivity contribution in [3.8, 4) is 11.5 Å². The Morgan fingerprint density at radius 3 is 1.93 bits per heavy atom. The molecule has 0 heterocycles. The van der Waals surface area contributed by atoms with E-state index in [1.54, 1.807) is 24.3 Å². The summed E-state index contributed by atoms with van der Waals surface area (Å²) in [5.41, 5.74) is 1.88. The molecule has 0 bridgehead atoms. The van der Waals surface area contributed by atoms with Crippen LogP contribution >= 0.6 is 12.6 Å². The van der Waals surface area contributed by atoms with Crippen LogP contribution in [0.4, 0.5) is 0 Å². The number of esters is 1. The highest BCUT2D eigenvalue weighted by atomic mass is 32.1. The zero-order valence-electron chi connectivity index (χ0n) is 15.8. The highest BCUT2D eigenvalue weighted by Gasteiger charge is 2.23. The molecule has 2 rings (SSSR count). The topological polar surface area (TPSA) is 76.0 Å². The number of thiol groups is 1. The van der Waals surface area contributed by atoms with Crippen molar-refractivity contribution < 1.29 is 24.5 Å². The first-order valence-electron chi connectivity index (χ1n) is 8.77. The number of benzene rings is 2. The van der Waals surface area contributed by atoms with Crippen LogP contribution in [-0.2, 0) is 10.2 Å². The molecule has 5 nitrogen and oxygen atoms in total. The minimum atomic E-state index is -1.50. The van der Waals surface area contributed by atoms with Gasteiger partial charge in [-0.05, 0) is 35.4 Å². The number of aliphatic hydroxyl groups is 2. The van der Waals surface area contributed by atoms with Crippen molar-refractivity contribution in [2.24, 2.45) is 0 Å². The minimum Gasteiger partial charge on any atom is -0.488 e.